The van der Waals surface area contributed by atoms with Gasteiger partial charge in [-0.15, -0.1) is 0 Å². The molecule has 0 aliphatic carbocycles. The number of benzene rings is 1. The van der Waals surface area contributed by atoms with E-state index in [-0.39, 0.29) is 10.8 Å². The molecular formula is C8H10ClFS. The zero-order chi connectivity index (χ0) is 8.43. The first-order valence-electron chi connectivity index (χ1n) is 3.24. The average Bonchev–Trinajstić information content (AvgIpc) is 1.94. The van der Waals surface area contributed by atoms with E-state index in [4.69, 9.17) is 11.6 Å². The molecule has 0 atom stereocenters. The van der Waals surface area contributed by atoms with Crippen LogP contribution in [0.25, 0.3) is 0 Å². The molecule has 11 heavy (non-hydrogen) atoms. The monoisotopic (exact) mass is 192 g/mol. The highest BCUT2D eigenvalue weighted by molar-refractivity contribution is 8.15. The lowest BCUT2D eigenvalue weighted by Crippen LogP contribution is -1.85. The van der Waals surface area contributed by atoms with Crippen molar-refractivity contribution in [1.82, 2.24) is 0 Å². The number of rotatable bonds is 1. The van der Waals surface area contributed by atoms with Crippen LogP contribution in [0.2, 0.25) is 5.02 Å². The first-order chi connectivity index (χ1) is 5.13. The minimum atomic E-state index is -0.392. The van der Waals surface area contributed by atoms with Crippen molar-refractivity contribution in [2.45, 2.75) is 4.90 Å². The van der Waals surface area contributed by atoms with Gasteiger partial charge in [0.05, 0.1) is 5.02 Å². The second kappa shape index (κ2) is 3.46. The maximum absolute atomic E-state index is 13.1. The summed E-state index contributed by atoms with van der Waals surface area (Å²) in [7, 11) is -0.392. The topological polar surface area (TPSA) is 0 Å². The summed E-state index contributed by atoms with van der Waals surface area (Å²) in [6.07, 6.45) is 4.01. The van der Waals surface area contributed by atoms with Crippen molar-refractivity contribution in [3.05, 3.63) is 29.0 Å². The highest BCUT2D eigenvalue weighted by Gasteiger charge is 2.06. The van der Waals surface area contributed by atoms with Crippen molar-refractivity contribution in [3.8, 4) is 0 Å². The van der Waals surface area contributed by atoms with E-state index >= 15 is 0 Å². The quantitative estimate of drug-likeness (QED) is 0.650. The van der Waals surface area contributed by atoms with E-state index in [1.165, 1.54) is 0 Å². The Morgan fingerprint density at radius 1 is 1.36 bits per heavy atom. The van der Waals surface area contributed by atoms with Gasteiger partial charge in [-0.1, -0.05) is 17.7 Å². The normalized spacial score (nSPS) is 11.5. The molecular weight excluding hydrogens is 183 g/mol. The Labute approximate surface area is 73.7 Å². The molecule has 62 valence electrons. The van der Waals surface area contributed by atoms with Crippen LogP contribution < -0.4 is 0 Å². The lowest BCUT2D eigenvalue weighted by atomic mass is 10.3. The molecule has 1 aromatic rings. The second-order valence-corrected chi connectivity index (χ2v) is 5.15. The summed E-state index contributed by atoms with van der Waals surface area (Å²) < 4.78 is 13.1. The van der Waals surface area contributed by atoms with Gasteiger partial charge < -0.3 is 0 Å². The molecule has 3 heteroatoms. The molecule has 0 aromatic heterocycles. The lowest BCUT2D eigenvalue weighted by Gasteiger charge is -2.10. The van der Waals surface area contributed by atoms with E-state index in [2.05, 4.69) is 0 Å². The summed E-state index contributed by atoms with van der Waals surface area (Å²) >= 11 is 5.59. The Balaban J connectivity index is 3.17. The van der Waals surface area contributed by atoms with Gasteiger partial charge in [-0.05, 0) is 24.6 Å². The van der Waals surface area contributed by atoms with Gasteiger partial charge in [0.15, 0.2) is 5.82 Å². The summed E-state index contributed by atoms with van der Waals surface area (Å²) in [6.45, 7) is 0. The smallest absolute Gasteiger partial charge is 0.153 e. The summed E-state index contributed by atoms with van der Waals surface area (Å²) in [5.74, 6) is -0.259. The van der Waals surface area contributed by atoms with E-state index < -0.39 is 10.9 Å². The van der Waals surface area contributed by atoms with Crippen LogP contribution in [0.3, 0.4) is 0 Å². The molecule has 0 saturated carbocycles. The molecule has 0 aliphatic heterocycles. The minimum absolute atomic E-state index is 0.221. The molecule has 1 rings (SSSR count). The van der Waals surface area contributed by atoms with E-state index in [1.807, 2.05) is 12.5 Å². The third kappa shape index (κ3) is 1.88. The number of thiol groups is 1. The number of hydrogen-bond acceptors (Lipinski definition) is 0. The van der Waals surface area contributed by atoms with Crippen LogP contribution in [0.4, 0.5) is 4.39 Å². The second-order valence-electron chi connectivity index (χ2n) is 2.47. The summed E-state index contributed by atoms with van der Waals surface area (Å²) in [5.41, 5.74) is 0. The van der Waals surface area contributed by atoms with E-state index in [0.29, 0.717) is 0 Å². The van der Waals surface area contributed by atoms with Crippen molar-refractivity contribution in [2.75, 3.05) is 12.5 Å². The van der Waals surface area contributed by atoms with Crippen molar-refractivity contribution >= 4 is 22.5 Å². The van der Waals surface area contributed by atoms with Gasteiger partial charge in [0, 0.05) is 4.90 Å². The van der Waals surface area contributed by atoms with E-state index in [1.54, 1.807) is 18.2 Å². The van der Waals surface area contributed by atoms with E-state index in [9.17, 15) is 4.39 Å². The van der Waals surface area contributed by atoms with Gasteiger partial charge in [0.25, 0.3) is 0 Å². The zero-order valence-corrected chi connectivity index (χ0v) is 8.09. The fourth-order valence-corrected chi connectivity index (χ4v) is 1.98. The summed E-state index contributed by atoms with van der Waals surface area (Å²) in [4.78, 5) is 0.743. The highest BCUT2D eigenvalue weighted by Crippen LogP contribution is 2.33. The van der Waals surface area contributed by atoms with Crippen molar-refractivity contribution < 1.29 is 4.39 Å². The largest absolute Gasteiger partial charge is 0.230 e. The Bertz CT molecular complexity index is 260. The van der Waals surface area contributed by atoms with Crippen LogP contribution in [0, 0.1) is 5.82 Å². The number of halogens is 2. The summed E-state index contributed by atoms with van der Waals surface area (Å²) in [6, 6.07) is 5.13. The van der Waals surface area contributed by atoms with Gasteiger partial charge in [-0.2, -0.15) is 0 Å². The minimum Gasteiger partial charge on any atom is -0.230 e. The third-order valence-electron chi connectivity index (χ3n) is 1.41. The van der Waals surface area contributed by atoms with Gasteiger partial charge in [-0.3, -0.25) is 0 Å². The fourth-order valence-electron chi connectivity index (χ4n) is 0.838. The fraction of sp³-hybridized carbons (Fsp3) is 0.250. The Kier molecular flexibility index (Phi) is 2.79. The van der Waals surface area contributed by atoms with Crippen LogP contribution in [0.5, 0.6) is 0 Å². The molecule has 0 heterocycles. The molecule has 1 aromatic carbocycles. The van der Waals surface area contributed by atoms with Crippen LogP contribution in [-0.2, 0) is 0 Å². The van der Waals surface area contributed by atoms with Crippen LogP contribution >= 0.6 is 22.5 Å². The first-order valence-corrected chi connectivity index (χ1v) is 5.85. The molecule has 0 fully saturated rings. The molecule has 0 N–H and O–H groups in total. The molecule has 0 radical (unpaired) electrons. The molecule has 0 bridgehead atoms. The first kappa shape index (κ1) is 8.88. The van der Waals surface area contributed by atoms with Gasteiger partial charge >= 0.3 is 0 Å². The Morgan fingerprint density at radius 2 is 2.00 bits per heavy atom. The molecule has 0 saturated heterocycles. The van der Waals surface area contributed by atoms with Gasteiger partial charge in [-0.25, -0.2) is 15.3 Å². The maximum Gasteiger partial charge on any atom is 0.153 e. The molecule has 0 amide bonds. The predicted molar refractivity (Wildman–Crippen MR) is 50.5 cm³/mol. The van der Waals surface area contributed by atoms with Crippen molar-refractivity contribution in [2.24, 2.45) is 0 Å². The summed E-state index contributed by atoms with van der Waals surface area (Å²) in [5, 5.41) is 0.221. The zero-order valence-electron chi connectivity index (χ0n) is 6.44. The molecule has 0 unspecified atom stereocenters. The Hall–Kier alpha value is -0.210. The molecule has 0 nitrogen and oxygen atoms in total. The van der Waals surface area contributed by atoms with E-state index in [0.717, 1.165) is 4.90 Å². The standard InChI is InChI=1S/C8H10ClFS/c1-11(2)7-5-3-4-6(9)8(7)10/h3-5,11H,1-2H3. The highest BCUT2D eigenvalue weighted by atomic mass is 35.5. The van der Waals surface area contributed by atoms with Crippen LogP contribution in [-0.4, -0.2) is 12.5 Å². The lowest BCUT2D eigenvalue weighted by molar-refractivity contribution is 0.602. The van der Waals surface area contributed by atoms with Crippen LogP contribution in [0.15, 0.2) is 23.1 Å². The SMILES string of the molecule is C[SH](C)c1cccc(Cl)c1F. The van der Waals surface area contributed by atoms with Crippen molar-refractivity contribution in [1.29, 1.82) is 0 Å². The van der Waals surface area contributed by atoms with Crippen molar-refractivity contribution in [3.63, 3.8) is 0 Å². The number of hydrogen-bond donors (Lipinski definition) is 1. The Morgan fingerprint density at radius 3 is 2.45 bits per heavy atom. The third-order valence-corrected chi connectivity index (χ3v) is 3.01. The maximum atomic E-state index is 13.1. The molecule has 0 aliphatic rings. The van der Waals surface area contributed by atoms with Gasteiger partial charge in [0.2, 0.25) is 0 Å². The average molecular weight is 193 g/mol. The molecule has 0 spiro atoms. The van der Waals surface area contributed by atoms with Crippen LogP contribution in [0.1, 0.15) is 0 Å². The predicted octanol–water partition coefficient (Wildman–Crippen LogP) is 3.10. The van der Waals surface area contributed by atoms with Gasteiger partial charge in [0.1, 0.15) is 0 Å².